The van der Waals surface area contributed by atoms with Gasteiger partial charge in [0, 0.05) is 6.07 Å². The van der Waals surface area contributed by atoms with Crippen LogP contribution >= 0.6 is 0 Å². The maximum absolute atomic E-state index is 8.65. The third-order valence-corrected chi connectivity index (χ3v) is 2.46. The Labute approximate surface area is 116 Å². The minimum atomic E-state index is -0.0754. The third-order valence-electron chi connectivity index (χ3n) is 2.46. The fourth-order valence-corrected chi connectivity index (χ4v) is 1.59. The fraction of sp³-hybridized carbons (Fsp3) is 0.143. The van der Waals surface area contributed by atoms with Crippen molar-refractivity contribution in [2.75, 3.05) is 6.61 Å². The predicted octanol–water partition coefficient (Wildman–Crippen LogP) is 2.37. The SMILES string of the molecule is CCOc1ccccc1Oc1cccc(C(N)=NO)n1. The Morgan fingerprint density at radius 2 is 1.95 bits per heavy atom. The van der Waals surface area contributed by atoms with Gasteiger partial charge in [-0.3, -0.25) is 0 Å². The van der Waals surface area contributed by atoms with Crippen LogP contribution in [0, 0.1) is 0 Å². The van der Waals surface area contributed by atoms with Crippen molar-refractivity contribution in [1.82, 2.24) is 4.98 Å². The number of pyridine rings is 1. The molecule has 0 radical (unpaired) electrons. The van der Waals surface area contributed by atoms with Crippen molar-refractivity contribution in [3.63, 3.8) is 0 Å². The molecule has 0 atom stereocenters. The third kappa shape index (κ3) is 3.17. The smallest absolute Gasteiger partial charge is 0.220 e. The van der Waals surface area contributed by atoms with Crippen LogP contribution in [-0.2, 0) is 0 Å². The van der Waals surface area contributed by atoms with Crippen LogP contribution in [0.25, 0.3) is 0 Å². The van der Waals surface area contributed by atoms with E-state index < -0.39 is 0 Å². The summed E-state index contributed by atoms with van der Waals surface area (Å²) in [5, 5.41) is 11.6. The van der Waals surface area contributed by atoms with E-state index in [4.69, 9.17) is 20.4 Å². The normalized spacial score (nSPS) is 11.2. The van der Waals surface area contributed by atoms with Gasteiger partial charge in [0.15, 0.2) is 17.3 Å². The van der Waals surface area contributed by atoms with Crippen LogP contribution in [0.15, 0.2) is 47.6 Å². The second-order valence-corrected chi connectivity index (χ2v) is 3.83. The summed E-state index contributed by atoms with van der Waals surface area (Å²) < 4.78 is 11.1. The monoisotopic (exact) mass is 273 g/mol. The molecule has 1 heterocycles. The molecule has 1 aromatic heterocycles. The van der Waals surface area contributed by atoms with Gasteiger partial charge in [-0.05, 0) is 25.1 Å². The van der Waals surface area contributed by atoms with Crippen molar-refractivity contribution in [2.45, 2.75) is 6.92 Å². The van der Waals surface area contributed by atoms with E-state index in [9.17, 15) is 0 Å². The zero-order chi connectivity index (χ0) is 14.4. The first-order chi connectivity index (χ1) is 9.74. The minimum absolute atomic E-state index is 0.0754. The molecule has 104 valence electrons. The van der Waals surface area contributed by atoms with Crippen molar-refractivity contribution in [2.24, 2.45) is 10.9 Å². The van der Waals surface area contributed by atoms with E-state index in [0.717, 1.165) is 0 Å². The Bertz CT molecular complexity index is 614. The van der Waals surface area contributed by atoms with Crippen molar-refractivity contribution in [1.29, 1.82) is 0 Å². The summed E-state index contributed by atoms with van der Waals surface area (Å²) in [7, 11) is 0. The molecule has 0 aliphatic rings. The number of oxime groups is 1. The minimum Gasteiger partial charge on any atom is -0.490 e. The molecule has 6 heteroatoms. The molecule has 0 spiro atoms. The Hall–Kier alpha value is -2.76. The van der Waals surface area contributed by atoms with Gasteiger partial charge in [-0.2, -0.15) is 0 Å². The highest BCUT2D eigenvalue weighted by atomic mass is 16.5. The molecule has 20 heavy (non-hydrogen) atoms. The summed E-state index contributed by atoms with van der Waals surface area (Å²) in [5.41, 5.74) is 5.82. The predicted molar refractivity (Wildman–Crippen MR) is 74.4 cm³/mol. The van der Waals surface area contributed by atoms with Gasteiger partial charge in [-0.15, -0.1) is 0 Å². The van der Waals surface area contributed by atoms with Crippen molar-refractivity contribution >= 4 is 5.84 Å². The molecule has 1 aromatic carbocycles. The number of para-hydroxylation sites is 2. The zero-order valence-corrected chi connectivity index (χ0v) is 11.0. The van der Waals surface area contributed by atoms with Crippen LogP contribution < -0.4 is 15.2 Å². The lowest BCUT2D eigenvalue weighted by molar-refractivity contribution is 0.317. The second kappa shape index (κ2) is 6.42. The molecule has 2 aromatic rings. The number of rotatable bonds is 5. The summed E-state index contributed by atoms with van der Waals surface area (Å²) in [4.78, 5) is 4.15. The molecule has 0 saturated carbocycles. The molecule has 2 rings (SSSR count). The van der Waals surface area contributed by atoms with Gasteiger partial charge in [-0.1, -0.05) is 23.4 Å². The van der Waals surface area contributed by atoms with E-state index in [0.29, 0.717) is 29.7 Å². The summed E-state index contributed by atoms with van der Waals surface area (Å²) in [6.07, 6.45) is 0. The summed E-state index contributed by atoms with van der Waals surface area (Å²) in [5.74, 6) is 1.44. The summed E-state index contributed by atoms with van der Waals surface area (Å²) in [6.45, 7) is 2.44. The van der Waals surface area contributed by atoms with E-state index >= 15 is 0 Å². The lowest BCUT2D eigenvalue weighted by Crippen LogP contribution is -2.14. The molecular weight excluding hydrogens is 258 g/mol. The van der Waals surface area contributed by atoms with E-state index in [1.54, 1.807) is 24.3 Å². The van der Waals surface area contributed by atoms with Crippen molar-refractivity contribution < 1.29 is 14.7 Å². The number of ether oxygens (including phenoxy) is 2. The lowest BCUT2D eigenvalue weighted by Gasteiger charge is -2.10. The highest BCUT2D eigenvalue weighted by Crippen LogP contribution is 2.30. The quantitative estimate of drug-likeness (QED) is 0.378. The van der Waals surface area contributed by atoms with E-state index in [1.165, 1.54) is 0 Å². The van der Waals surface area contributed by atoms with E-state index in [1.807, 2.05) is 25.1 Å². The van der Waals surface area contributed by atoms with Crippen LogP contribution in [0.3, 0.4) is 0 Å². The van der Waals surface area contributed by atoms with Crippen molar-refractivity contribution in [3.8, 4) is 17.4 Å². The molecule has 6 nitrogen and oxygen atoms in total. The van der Waals surface area contributed by atoms with Gasteiger partial charge in [0.1, 0.15) is 5.69 Å². The average molecular weight is 273 g/mol. The molecule has 0 amide bonds. The highest BCUT2D eigenvalue weighted by Gasteiger charge is 2.08. The molecule has 0 saturated heterocycles. The van der Waals surface area contributed by atoms with Crippen LogP contribution in [0.5, 0.6) is 17.4 Å². The zero-order valence-electron chi connectivity index (χ0n) is 11.0. The first-order valence-corrected chi connectivity index (χ1v) is 6.09. The Kier molecular flexibility index (Phi) is 4.39. The topological polar surface area (TPSA) is 90.0 Å². The maximum atomic E-state index is 8.65. The first-order valence-electron chi connectivity index (χ1n) is 6.09. The summed E-state index contributed by atoms with van der Waals surface area (Å²) >= 11 is 0. The fourth-order valence-electron chi connectivity index (χ4n) is 1.59. The van der Waals surface area contributed by atoms with Gasteiger partial charge < -0.3 is 20.4 Å². The first kappa shape index (κ1) is 13.7. The molecule has 0 fully saturated rings. The van der Waals surface area contributed by atoms with Gasteiger partial charge in [0.2, 0.25) is 5.88 Å². The number of hydrogen-bond acceptors (Lipinski definition) is 5. The lowest BCUT2D eigenvalue weighted by atomic mass is 10.3. The van der Waals surface area contributed by atoms with Crippen molar-refractivity contribution in [3.05, 3.63) is 48.2 Å². The molecule has 0 unspecified atom stereocenters. The standard InChI is InChI=1S/C14H15N3O3/c1-2-19-11-7-3-4-8-12(11)20-13-9-5-6-10(16-13)14(15)17-18/h3-9,18H,2H2,1H3,(H2,15,17). The Balaban J connectivity index is 2.26. The molecular formula is C14H15N3O3. The van der Waals surface area contributed by atoms with Gasteiger partial charge in [0.05, 0.1) is 6.61 Å². The number of benzene rings is 1. The number of amidine groups is 1. The van der Waals surface area contributed by atoms with Crippen LogP contribution in [-0.4, -0.2) is 22.6 Å². The number of nitrogens with two attached hydrogens (primary N) is 1. The molecule has 0 aliphatic heterocycles. The Morgan fingerprint density at radius 1 is 1.20 bits per heavy atom. The van der Waals surface area contributed by atoms with Gasteiger partial charge in [-0.25, -0.2) is 4.98 Å². The highest BCUT2D eigenvalue weighted by molar-refractivity contribution is 5.95. The number of aromatic nitrogens is 1. The summed E-state index contributed by atoms with van der Waals surface area (Å²) in [6, 6.07) is 12.3. The van der Waals surface area contributed by atoms with Crippen LogP contribution in [0.2, 0.25) is 0 Å². The molecule has 0 bridgehead atoms. The molecule has 3 N–H and O–H groups in total. The molecule has 0 aliphatic carbocycles. The largest absolute Gasteiger partial charge is 0.490 e. The Morgan fingerprint density at radius 3 is 2.65 bits per heavy atom. The number of hydrogen-bond donors (Lipinski definition) is 2. The second-order valence-electron chi connectivity index (χ2n) is 3.83. The van der Waals surface area contributed by atoms with Gasteiger partial charge >= 0.3 is 0 Å². The average Bonchev–Trinajstić information content (AvgIpc) is 2.49. The van der Waals surface area contributed by atoms with E-state index in [-0.39, 0.29) is 5.84 Å². The van der Waals surface area contributed by atoms with Crippen LogP contribution in [0.1, 0.15) is 12.6 Å². The maximum Gasteiger partial charge on any atom is 0.220 e. The van der Waals surface area contributed by atoms with Gasteiger partial charge in [0.25, 0.3) is 0 Å². The number of nitrogens with zero attached hydrogens (tertiary/aromatic N) is 2. The van der Waals surface area contributed by atoms with Crippen LogP contribution in [0.4, 0.5) is 0 Å². The van der Waals surface area contributed by atoms with E-state index in [2.05, 4.69) is 10.1 Å².